The number of hydrogen-bond acceptors (Lipinski definition) is 3. The standard InChI is InChI=1S/C15H26N4O/c1-13(12-20-3)18-15(16)17-10-7-11-19(2)14-8-5-4-6-9-14/h4-6,8-9,13H,7,10-12H2,1-3H3,(H3,16,17,18). The molecule has 0 saturated heterocycles. The molecular weight excluding hydrogens is 252 g/mol. The monoisotopic (exact) mass is 278 g/mol. The van der Waals surface area contributed by atoms with E-state index >= 15 is 0 Å². The second kappa shape index (κ2) is 9.20. The van der Waals surface area contributed by atoms with Gasteiger partial charge in [0.1, 0.15) is 0 Å². The third-order valence-electron chi connectivity index (χ3n) is 2.94. The minimum absolute atomic E-state index is 0.177. The van der Waals surface area contributed by atoms with Crippen molar-refractivity contribution in [2.45, 2.75) is 19.4 Å². The molecule has 1 aromatic carbocycles. The number of ether oxygens (including phenoxy) is 1. The highest BCUT2D eigenvalue weighted by Gasteiger charge is 2.02. The van der Waals surface area contributed by atoms with Crippen LogP contribution in [0, 0.1) is 0 Å². The number of nitrogens with zero attached hydrogens (tertiary/aromatic N) is 2. The zero-order valence-electron chi connectivity index (χ0n) is 12.7. The molecule has 1 aromatic rings. The van der Waals surface area contributed by atoms with E-state index in [1.807, 2.05) is 25.1 Å². The Morgan fingerprint density at radius 2 is 2.10 bits per heavy atom. The number of methoxy groups -OCH3 is 1. The fourth-order valence-corrected chi connectivity index (χ4v) is 1.91. The van der Waals surface area contributed by atoms with E-state index in [4.69, 9.17) is 10.5 Å². The van der Waals surface area contributed by atoms with Crippen LogP contribution in [0.5, 0.6) is 0 Å². The molecule has 0 aliphatic carbocycles. The Kier molecular flexibility index (Phi) is 7.50. The lowest BCUT2D eigenvalue weighted by Crippen LogP contribution is -2.40. The molecule has 0 fully saturated rings. The Morgan fingerprint density at radius 1 is 1.40 bits per heavy atom. The summed E-state index contributed by atoms with van der Waals surface area (Å²) in [7, 11) is 3.76. The average Bonchev–Trinajstić information content (AvgIpc) is 2.44. The minimum atomic E-state index is 0.177. The second-order valence-corrected chi connectivity index (χ2v) is 4.88. The van der Waals surface area contributed by atoms with Crippen LogP contribution in [-0.4, -0.2) is 45.9 Å². The van der Waals surface area contributed by atoms with Crippen molar-refractivity contribution in [2.24, 2.45) is 10.7 Å². The van der Waals surface area contributed by atoms with Crippen molar-refractivity contribution < 1.29 is 4.74 Å². The predicted octanol–water partition coefficient (Wildman–Crippen LogP) is 1.45. The fourth-order valence-electron chi connectivity index (χ4n) is 1.91. The van der Waals surface area contributed by atoms with Gasteiger partial charge in [-0.1, -0.05) is 18.2 Å². The molecule has 0 aromatic heterocycles. The van der Waals surface area contributed by atoms with Crippen molar-refractivity contribution >= 4 is 11.6 Å². The van der Waals surface area contributed by atoms with Crippen LogP contribution in [0.15, 0.2) is 35.3 Å². The zero-order chi connectivity index (χ0) is 14.8. The lowest BCUT2D eigenvalue weighted by Gasteiger charge is -2.18. The van der Waals surface area contributed by atoms with Crippen LogP contribution < -0.4 is 16.0 Å². The molecule has 3 N–H and O–H groups in total. The van der Waals surface area contributed by atoms with Crippen molar-refractivity contribution in [3.63, 3.8) is 0 Å². The third kappa shape index (κ3) is 6.43. The van der Waals surface area contributed by atoms with E-state index in [-0.39, 0.29) is 6.04 Å². The van der Waals surface area contributed by atoms with Crippen molar-refractivity contribution in [1.82, 2.24) is 5.32 Å². The van der Waals surface area contributed by atoms with E-state index in [9.17, 15) is 0 Å². The van der Waals surface area contributed by atoms with Gasteiger partial charge in [0, 0.05) is 39.0 Å². The molecule has 1 unspecified atom stereocenters. The van der Waals surface area contributed by atoms with E-state index in [0.717, 1.165) is 19.5 Å². The number of benzene rings is 1. The van der Waals surface area contributed by atoms with Crippen LogP contribution in [0.3, 0.4) is 0 Å². The SMILES string of the molecule is COCC(C)NC(N)=NCCCN(C)c1ccccc1. The summed E-state index contributed by atoms with van der Waals surface area (Å²) in [5, 5.41) is 3.09. The number of para-hydroxylation sites is 1. The highest BCUT2D eigenvalue weighted by Crippen LogP contribution is 2.10. The maximum Gasteiger partial charge on any atom is 0.188 e. The van der Waals surface area contributed by atoms with Crippen LogP contribution in [0.1, 0.15) is 13.3 Å². The fraction of sp³-hybridized carbons (Fsp3) is 0.533. The highest BCUT2D eigenvalue weighted by molar-refractivity contribution is 5.78. The Hall–Kier alpha value is -1.75. The average molecular weight is 278 g/mol. The molecule has 0 aliphatic heterocycles. The maximum atomic E-state index is 5.80. The molecule has 112 valence electrons. The molecular formula is C15H26N4O. The first-order valence-corrected chi connectivity index (χ1v) is 6.95. The smallest absolute Gasteiger partial charge is 0.188 e. The summed E-state index contributed by atoms with van der Waals surface area (Å²) < 4.78 is 5.03. The maximum absolute atomic E-state index is 5.80. The van der Waals surface area contributed by atoms with Gasteiger partial charge in [-0.2, -0.15) is 0 Å². The lowest BCUT2D eigenvalue weighted by molar-refractivity contribution is 0.179. The molecule has 0 bridgehead atoms. The van der Waals surface area contributed by atoms with E-state index < -0.39 is 0 Å². The molecule has 0 spiro atoms. The van der Waals surface area contributed by atoms with Gasteiger partial charge in [-0.15, -0.1) is 0 Å². The molecule has 0 radical (unpaired) electrons. The van der Waals surface area contributed by atoms with Gasteiger partial charge in [0.25, 0.3) is 0 Å². The molecule has 5 nitrogen and oxygen atoms in total. The molecule has 0 heterocycles. The van der Waals surface area contributed by atoms with E-state index in [1.54, 1.807) is 7.11 Å². The number of hydrogen-bond donors (Lipinski definition) is 2. The Balaban J connectivity index is 2.23. The Bertz CT molecular complexity index is 394. The first-order valence-electron chi connectivity index (χ1n) is 6.95. The van der Waals surface area contributed by atoms with Gasteiger partial charge in [-0.25, -0.2) is 0 Å². The number of anilines is 1. The number of nitrogens with two attached hydrogens (primary N) is 1. The van der Waals surface area contributed by atoms with Crippen LogP contribution in [0.4, 0.5) is 5.69 Å². The Labute approximate surface area is 121 Å². The molecule has 1 rings (SSSR count). The first-order chi connectivity index (χ1) is 9.63. The molecule has 5 heteroatoms. The molecule has 1 atom stereocenters. The summed E-state index contributed by atoms with van der Waals surface area (Å²) in [6.45, 7) is 4.30. The van der Waals surface area contributed by atoms with Gasteiger partial charge in [-0.05, 0) is 25.5 Å². The van der Waals surface area contributed by atoms with Gasteiger partial charge in [0.05, 0.1) is 6.61 Å². The molecule has 0 aliphatic rings. The van der Waals surface area contributed by atoms with Gasteiger partial charge in [0.15, 0.2) is 5.96 Å². The van der Waals surface area contributed by atoms with Crippen LogP contribution in [0.25, 0.3) is 0 Å². The van der Waals surface area contributed by atoms with Gasteiger partial charge >= 0.3 is 0 Å². The van der Waals surface area contributed by atoms with Crippen LogP contribution >= 0.6 is 0 Å². The van der Waals surface area contributed by atoms with Gasteiger partial charge < -0.3 is 20.7 Å². The van der Waals surface area contributed by atoms with Crippen molar-refractivity contribution in [1.29, 1.82) is 0 Å². The first kappa shape index (κ1) is 16.3. The second-order valence-electron chi connectivity index (χ2n) is 4.88. The van der Waals surface area contributed by atoms with E-state index in [1.165, 1.54) is 5.69 Å². The number of aliphatic imine (C=N–C) groups is 1. The van der Waals surface area contributed by atoms with Crippen molar-refractivity contribution in [2.75, 3.05) is 38.8 Å². The Morgan fingerprint density at radius 3 is 2.75 bits per heavy atom. The lowest BCUT2D eigenvalue weighted by atomic mass is 10.3. The van der Waals surface area contributed by atoms with Crippen LogP contribution in [0.2, 0.25) is 0 Å². The summed E-state index contributed by atoms with van der Waals surface area (Å²) in [6, 6.07) is 10.5. The largest absolute Gasteiger partial charge is 0.383 e. The summed E-state index contributed by atoms with van der Waals surface area (Å²) >= 11 is 0. The number of nitrogens with one attached hydrogen (secondary N) is 1. The summed E-state index contributed by atoms with van der Waals surface area (Å²) in [4.78, 5) is 6.53. The quantitative estimate of drug-likeness (QED) is 0.429. The van der Waals surface area contributed by atoms with Crippen molar-refractivity contribution in [3.05, 3.63) is 30.3 Å². The third-order valence-corrected chi connectivity index (χ3v) is 2.94. The van der Waals surface area contributed by atoms with Gasteiger partial charge in [-0.3, -0.25) is 4.99 Å². The molecule has 0 amide bonds. The molecule has 20 heavy (non-hydrogen) atoms. The van der Waals surface area contributed by atoms with E-state index in [2.05, 4.69) is 34.4 Å². The predicted molar refractivity (Wildman–Crippen MR) is 85.3 cm³/mol. The van der Waals surface area contributed by atoms with Crippen molar-refractivity contribution in [3.8, 4) is 0 Å². The summed E-state index contributed by atoms with van der Waals surface area (Å²) in [5.41, 5.74) is 7.02. The minimum Gasteiger partial charge on any atom is -0.383 e. The highest BCUT2D eigenvalue weighted by atomic mass is 16.5. The normalized spacial score (nSPS) is 13.1. The van der Waals surface area contributed by atoms with Gasteiger partial charge in [0.2, 0.25) is 0 Å². The summed E-state index contributed by atoms with van der Waals surface area (Å²) in [6.07, 6.45) is 0.965. The van der Waals surface area contributed by atoms with E-state index in [0.29, 0.717) is 12.6 Å². The number of guanidine groups is 1. The van der Waals surface area contributed by atoms with Crippen LogP contribution in [-0.2, 0) is 4.74 Å². The number of rotatable bonds is 8. The molecule has 0 saturated carbocycles. The summed E-state index contributed by atoms with van der Waals surface area (Å²) in [5.74, 6) is 0.483. The zero-order valence-corrected chi connectivity index (χ0v) is 12.7. The topological polar surface area (TPSA) is 62.9 Å².